The first-order chi connectivity index (χ1) is 13.8. The monoisotopic (exact) mass is 376 g/mol. The fraction of sp³-hybridized carbons (Fsp3) is 0.318. The molecule has 28 heavy (non-hydrogen) atoms. The van der Waals surface area contributed by atoms with Crippen LogP contribution in [-0.2, 0) is 6.54 Å². The fourth-order valence-corrected chi connectivity index (χ4v) is 3.59. The predicted octanol–water partition coefficient (Wildman–Crippen LogP) is 3.56. The lowest BCUT2D eigenvalue weighted by atomic mass is 10.1. The lowest BCUT2D eigenvalue weighted by molar-refractivity contribution is 0.0951. The molecule has 0 saturated carbocycles. The van der Waals surface area contributed by atoms with Crippen molar-refractivity contribution in [3.05, 3.63) is 59.9 Å². The first kappa shape index (κ1) is 18.2. The minimum atomic E-state index is -0.121. The Morgan fingerprint density at radius 2 is 1.96 bits per heavy atom. The number of amides is 1. The molecule has 144 valence electrons. The highest BCUT2D eigenvalue weighted by Crippen LogP contribution is 2.27. The molecule has 2 heterocycles. The molecular weight excluding hydrogens is 352 g/mol. The van der Waals surface area contributed by atoms with Gasteiger partial charge in [-0.05, 0) is 44.0 Å². The number of hydrogen-bond donors (Lipinski definition) is 1. The number of anilines is 1. The molecule has 6 heteroatoms. The van der Waals surface area contributed by atoms with Gasteiger partial charge in [-0.2, -0.15) is 0 Å². The van der Waals surface area contributed by atoms with E-state index in [-0.39, 0.29) is 5.91 Å². The van der Waals surface area contributed by atoms with Crippen LogP contribution in [0.5, 0.6) is 5.75 Å². The van der Waals surface area contributed by atoms with Gasteiger partial charge < -0.3 is 15.0 Å². The SMILES string of the molecule is CCOc1ccccc1CNC(=O)c1ccc2ncnc(N3CCCC3)c2c1. The molecule has 1 aliphatic rings. The summed E-state index contributed by atoms with van der Waals surface area (Å²) < 4.78 is 5.63. The van der Waals surface area contributed by atoms with E-state index < -0.39 is 0 Å². The zero-order valence-electron chi connectivity index (χ0n) is 16.0. The molecular formula is C22H24N4O2. The summed E-state index contributed by atoms with van der Waals surface area (Å²) in [5.41, 5.74) is 2.42. The van der Waals surface area contributed by atoms with Gasteiger partial charge in [0, 0.05) is 36.1 Å². The first-order valence-corrected chi connectivity index (χ1v) is 9.75. The van der Waals surface area contributed by atoms with E-state index in [1.807, 2.05) is 49.4 Å². The van der Waals surface area contributed by atoms with Crippen molar-refractivity contribution >= 4 is 22.6 Å². The molecule has 1 saturated heterocycles. The van der Waals surface area contributed by atoms with Crippen LogP contribution in [0.15, 0.2) is 48.8 Å². The van der Waals surface area contributed by atoms with Crippen molar-refractivity contribution in [3.8, 4) is 5.75 Å². The van der Waals surface area contributed by atoms with Crippen LogP contribution in [0.2, 0.25) is 0 Å². The number of nitrogens with one attached hydrogen (secondary N) is 1. The maximum Gasteiger partial charge on any atom is 0.251 e. The van der Waals surface area contributed by atoms with Gasteiger partial charge in [-0.15, -0.1) is 0 Å². The number of benzene rings is 2. The van der Waals surface area contributed by atoms with E-state index in [1.165, 1.54) is 12.8 Å². The highest BCUT2D eigenvalue weighted by atomic mass is 16.5. The Balaban J connectivity index is 1.55. The van der Waals surface area contributed by atoms with Crippen LogP contribution in [-0.4, -0.2) is 35.6 Å². The largest absolute Gasteiger partial charge is 0.494 e. The number of carbonyl (C=O) groups is 1. The van der Waals surface area contributed by atoms with E-state index in [0.717, 1.165) is 41.1 Å². The van der Waals surface area contributed by atoms with Gasteiger partial charge in [-0.3, -0.25) is 4.79 Å². The predicted molar refractivity (Wildman–Crippen MR) is 110 cm³/mol. The van der Waals surface area contributed by atoms with Gasteiger partial charge in [-0.25, -0.2) is 9.97 Å². The molecule has 1 amide bonds. The van der Waals surface area contributed by atoms with E-state index in [4.69, 9.17) is 4.74 Å². The summed E-state index contributed by atoms with van der Waals surface area (Å²) in [5.74, 6) is 1.59. The van der Waals surface area contributed by atoms with Gasteiger partial charge in [0.15, 0.2) is 0 Å². The molecule has 6 nitrogen and oxygen atoms in total. The van der Waals surface area contributed by atoms with Gasteiger partial charge in [0.05, 0.1) is 12.1 Å². The molecule has 0 bridgehead atoms. The van der Waals surface area contributed by atoms with Crippen LogP contribution in [0.1, 0.15) is 35.7 Å². The van der Waals surface area contributed by atoms with Crippen LogP contribution in [0, 0.1) is 0 Å². The Bertz CT molecular complexity index is 983. The van der Waals surface area contributed by atoms with Gasteiger partial charge >= 0.3 is 0 Å². The highest BCUT2D eigenvalue weighted by Gasteiger charge is 2.18. The summed E-state index contributed by atoms with van der Waals surface area (Å²) in [6.07, 6.45) is 3.94. The number of fused-ring (bicyclic) bond motifs is 1. The lowest BCUT2D eigenvalue weighted by Crippen LogP contribution is -2.23. The number of para-hydroxylation sites is 1. The van der Waals surface area contributed by atoms with E-state index >= 15 is 0 Å². The molecule has 2 aromatic carbocycles. The average molecular weight is 376 g/mol. The van der Waals surface area contributed by atoms with Gasteiger partial charge in [0.25, 0.3) is 5.91 Å². The second-order valence-corrected chi connectivity index (χ2v) is 6.85. The van der Waals surface area contributed by atoms with Gasteiger partial charge in [0.1, 0.15) is 17.9 Å². The van der Waals surface area contributed by atoms with Crippen molar-refractivity contribution in [1.29, 1.82) is 0 Å². The molecule has 0 radical (unpaired) electrons. The van der Waals surface area contributed by atoms with Crippen molar-refractivity contribution in [1.82, 2.24) is 15.3 Å². The fourth-order valence-electron chi connectivity index (χ4n) is 3.59. The molecule has 4 rings (SSSR count). The van der Waals surface area contributed by atoms with Crippen LogP contribution in [0.3, 0.4) is 0 Å². The number of hydrogen-bond acceptors (Lipinski definition) is 5. The Morgan fingerprint density at radius 3 is 2.79 bits per heavy atom. The van der Waals surface area contributed by atoms with Crippen molar-refractivity contribution in [2.75, 3.05) is 24.6 Å². The summed E-state index contributed by atoms with van der Waals surface area (Å²) in [4.78, 5) is 23.9. The van der Waals surface area contributed by atoms with Gasteiger partial charge in [0.2, 0.25) is 0 Å². The molecule has 0 aliphatic carbocycles. The molecule has 0 atom stereocenters. The Hall–Kier alpha value is -3.15. The van der Waals surface area contributed by atoms with E-state index in [0.29, 0.717) is 18.7 Å². The third-order valence-electron chi connectivity index (χ3n) is 4.99. The van der Waals surface area contributed by atoms with Gasteiger partial charge in [-0.1, -0.05) is 18.2 Å². The Labute approximate surface area is 164 Å². The summed E-state index contributed by atoms with van der Waals surface area (Å²) in [7, 11) is 0. The zero-order chi connectivity index (χ0) is 19.3. The zero-order valence-corrected chi connectivity index (χ0v) is 16.0. The molecule has 0 spiro atoms. The quantitative estimate of drug-likeness (QED) is 0.712. The van der Waals surface area contributed by atoms with Crippen LogP contribution < -0.4 is 15.0 Å². The Kier molecular flexibility index (Phi) is 5.37. The number of nitrogens with zero attached hydrogens (tertiary/aromatic N) is 3. The molecule has 1 fully saturated rings. The van der Waals surface area contributed by atoms with Crippen molar-refractivity contribution < 1.29 is 9.53 Å². The first-order valence-electron chi connectivity index (χ1n) is 9.75. The number of aromatic nitrogens is 2. The minimum Gasteiger partial charge on any atom is -0.494 e. The second-order valence-electron chi connectivity index (χ2n) is 6.85. The normalized spacial score (nSPS) is 13.7. The average Bonchev–Trinajstić information content (AvgIpc) is 3.27. The van der Waals surface area contributed by atoms with Crippen molar-refractivity contribution in [3.63, 3.8) is 0 Å². The van der Waals surface area contributed by atoms with E-state index in [2.05, 4.69) is 20.2 Å². The van der Waals surface area contributed by atoms with Crippen LogP contribution in [0.4, 0.5) is 5.82 Å². The summed E-state index contributed by atoms with van der Waals surface area (Å²) in [6, 6.07) is 13.4. The van der Waals surface area contributed by atoms with Crippen LogP contribution in [0.25, 0.3) is 10.9 Å². The summed E-state index contributed by atoms with van der Waals surface area (Å²) >= 11 is 0. The maximum atomic E-state index is 12.8. The molecule has 1 aliphatic heterocycles. The second kappa shape index (κ2) is 8.25. The molecule has 0 unspecified atom stereocenters. The molecule has 1 aromatic heterocycles. The molecule has 3 aromatic rings. The Morgan fingerprint density at radius 1 is 1.14 bits per heavy atom. The molecule has 1 N–H and O–H groups in total. The van der Waals surface area contributed by atoms with Crippen molar-refractivity contribution in [2.24, 2.45) is 0 Å². The third-order valence-corrected chi connectivity index (χ3v) is 4.99. The third kappa shape index (κ3) is 3.76. The van der Waals surface area contributed by atoms with Crippen molar-refractivity contribution in [2.45, 2.75) is 26.3 Å². The maximum absolute atomic E-state index is 12.8. The highest BCUT2D eigenvalue weighted by molar-refractivity contribution is 6.00. The number of carbonyl (C=O) groups excluding carboxylic acids is 1. The topological polar surface area (TPSA) is 67.3 Å². The summed E-state index contributed by atoms with van der Waals surface area (Å²) in [6.45, 7) is 4.95. The standard InChI is InChI=1S/C22H24N4O2/c1-2-28-20-8-4-3-7-17(20)14-23-22(27)16-9-10-19-18(13-16)21(25-15-24-19)26-11-5-6-12-26/h3-4,7-10,13,15H,2,5-6,11-12,14H2,1H3,(H,23,27). The van der Waals surface area contributed by atoms with E-state index in [1.54, 1.807) is 6.33 Å². The smallest absolute Gasteiger partial charge is 0.251 e. The van der Waals surface area contributed by atoms with E-state index in [9.17, 15) is 4.79 Å². The summed E-state index contributed by atoms with van der Waals surface area (Å²) in [5, 5.41) is 3.92. The van der Waals surface area contributed by atoms with Crippen LogP contribution >= 0.6 is 0 Å². The number of rotatable bonds is 6. The lowest BCUT2D eigenvalue weighted by Gasteiger charge is -2.18. The number of ether oxygens (including phenoxy) is 1. The minimum absolute atomic E-state index is 0.121.